The van der Waals surface area contributed by atoms with Gasteiger partial charge < -0.3 is 4.74 Å². The van der Waals surface area contributed by atoms with E-state index in [0.717, 1.165) is 18.4 Å². The third-order valence-electron chi connectivity index (χ3n) is 2.00. The third kappa shape index (κ3) is 3.03. The molecule has 1 rings (SSSR count). The highest BCUT2D eigenvalue weighted by atomic mass is 32.2. The van der Waals surface area contributed by atoms with Crippen LogP contribution in [0.25, 0.3) is 0 Å². The van der Waals surface area contributed by atoms with Gasteiger partial charge in [-0.3, -0.25) is 4.55 Å². The lowest BCUT2D eigenvalue weighted by molar-refractivity contribution is 0.0599. The highest BCUT2D eigenvalue weighted by molar-refractivity contribution is 7.85. The highest BCUT2D eigenvalue weighted by Crippen LogP contribution is 2.29. The van der Waals surface area contributed by atoms with E-state index in [1.165, 1.54) is 0 Å². The molecule has 8 heteroatoms. The molecule has 1 aromatic rings. The minimum absolute atomic E-state index is 0.00986. The monoisotopic (exact) mass is 275 g/mol. The summed E-state index contributed by atoms with van der Waals surface area (Å²) in [4.78, 5) is 12.0. The maximum Gasteiger partial charge on any atom is 0.339 e. The number of nitrogens with zero attached hydrogens (tertiary/aromatic N) is 1. The van der Waals surface area contributed by atoms with Crippen molar-refractivity contribution in [2.75, 3.05) is 7.11 Å². The van der Waals surface area contributed by atoms with Crippen molar-refractivity contribution in [3.8, 4) is 6.07 Å². The number of aryl methyl sites for hydroxylation is 1. The Hall–Kier alpha value is -1.43. The van der Waals surface area contributed by atoms with Gasteiger partial charge in [0.15, 0.2) is 0 Å². The van der Waals surface area contributed by atoms with Crippen LogP contribution in [-0.2, 0) is 20.6 Å². The molecule has 17 heavy (non-hydrogen) atoms. The van der Waals surface area contributed by atoms with Gasteiger partial charge in [-0.1, -0.05) is 0 Å². The lowest BCUT2D eigenvalue weighted by Crippen LogP contribution is -2.09. The van der Waals surface area contributed by atoms with Crippen molar-refractivity contribution in [1.82, 2.24) is 0 Å². The van der Waals surface area contributed by atoms with E-state index in [1.54, 1.807) is 13.0 Å². The molecule has 1 aromatic heterocycles. The summed E-state index contributed by atoms with van der Waals surface area (Å²) in [5, 5.41) is 8.84. The van der Waals surface area contributed by atoms with Crippen LogP contribution in [0.1, 0.15) is 25.7 Å². The predicted octanol–water partition coefficient (Wildman–Crippen LogP) is 1.10. The Morgan fingerprint density at radius 3 is 2.59 bits per heavy atom. The van der Waals surface area contributed by atoms with E-state index < -0.39 is 21.8 Å². The minimum Gasteiger partial charge on any atom is -0.465 e. The third-order valence-corrected chi connectivity index (χ3v) is 3.71. The molecule has 1 N–H and O–H groups in total. The number of hydrogen-bond acceptors (Lipinski definition) is 6. The van der Waals surface area contributed by atoms with Crippen LogP contribution in [0.5, 0.6) is 0 Å². The number of nitriles is 1. The van der Waals surface area contributed by atoms with Gasteiger partial charge in [-0.2, -0.15) is 13.7 Å². The van der Waals surface area contributed by atoms with Crippen LogP contribution in [0, 0.1) is 18.3 Å². The molecule has 0 saturated carbocycles. The van der Waals surface area contributed by atoms with E-state index in [-0.39, 0.29) is 16.0 Å². The fourth-order valence-electron chi connectivity index (χ4n) is 1.37. The van der Waals surface area contributed by atoms with Crippen LogP contribution in [0.3, 0.4) is 0 Å². The second-order valence-electron chi connectivity index (χ2n) is 3.17. The van der Waals surface area contributed by atoms with E-state index in [0.29, 0.717) is 4.88 Å². The van der Waals surface area contributed by atoms with Gasteiger partial charge in [-0.25, -0.2) is 4.79 Å². The summed E-state index contributed by atoms with van der Waals surface area (Å²) < 4.78 is 35.0. The van der Waals surface area contributed by atoms with Crippen molar-refractivity contribution in [1.29, 1.82) is 5.26 Å². The van der Waals surface area contributed by atoms with Gasteiger partial charge in [0.1, 0.15) is 16.7 Å². The van der Waals surface area contributed by atoms with E-state index in [2.05, 4.69) is 4.74 Å². The first kappa shape index (κ1) is 13.6. The van der Waals surface area contributed by atoms with Crippen LogP contribution < -0.4 is 0 Å². The maximum absolute atomic E-state index is 11.5. The topological polar surface area (TPSA) is 104 Å². The van der Waals surface area contributed by atoms with Crippen LogP contribution >= 0.6 is 11.3 Å². The number of hydrogen-bond donors (Lipinski definition) is 1. The number of thiophene rings is 1. The smallest absolute Gasteiger partial charge is 0.339 e. The van der Waals surface area contributed by atoms with Crippen LogP contribution in [0.2, 0.25) is 0 Å². The highest BCUT2D eigenvalue weighted by Gasteiger charge is 2.25. The van der Waals surface area contributed by atoms with Crippen LogP contribution in [0.15, 0.2) is 0 Å². The summed E-state index contributed by atoms with van der Waals surface area (Å²) in [7, 11) is -3.16. The maximum atomic E-state index is 11.5. The Balaban J connectivity index is 3.44. The van der Waals surface area contributed by atoms with Crippen molar-refractivity contribution in [2.45, 2.75) is 12.7 Å². The summed E-state index contributed by atoms with van der Waals surface area (Å²) in [6.07, 6.45) is 0. The van der Waals surface area contributed by atoms with Crippen LogP contribution in [0.4, 0.5) is 0 Å². The normalized spacial score (nSPS) is 10.9. The van der Waals surface area contributed by atoms with E-state index in [1.807, 2.05) is 0 Å². The van der Waals surface area contributed by atoms with Gasteiger partial charge >= 0.3 is 5.97 Å². The summed E-state index contributed by atoms with van der Waals surface area (Å²) >= 11 is 0.988. The largest absolute Gasteiger partial charge is 0.465 e. The van der Waals surface area contributed by atoms with E-state index >= 15 is 0 Å². The SMILES string of the molecule is COC(=O)c1c(C)sc(C#N)c1CS(=O)(=O)O. The van der Waals surface area contributed by atoms with Gasteiger partial charge in [0.2, 0.25) is 0 Å². The Labute approximate surface area is 102 Å². The predicted molar refractivity (Wildman–Crippen MR) is 60.4 cm³/mol. The van der Waals surface area contributed by atoms with E-state index in [9.17, 15) is 13.2 Å². The number of methoxy groups -OCH3 is 1. The molecule has 0 aliphatic carbocycles. The molecule has 92 valence electrons. The summed E-state index contributed by atoms with van der Waals surface area (Å²) in [6.45, 7) is 1.57. The summed E-state index contributed by atoms with van der Waals surface area (Å²) in [5.74, 6) is -1.50. The van der Waals surface area contributed by atoms with Crippen LogP contribution in [-0.4, -0.2) is 26.0 Å². The lowest BCUT2D eigenvalue weighted by atomic mass is 10.1. The molecule has 0 saturated heterocycles. The molecule has 0 fully saturated rings. The second-order valence-corrected chi connectivity index (χ2v) is 5.85. The van der Waals surface area contributed by atoms with Crippen molar-refractivity contribution in [3.05, 3.63) is 20.9 Å². The molecule has 0 bridgehead atoms. The molecular weight excluding hydrogens is 266 g/mol. The first-order valence-electron chi connectivity index (χ1n) is 4.36. The number of carbonyl (C=O) groups excluding carboxylic acids is 1. The first-order chi connectivity index (χ1) is 7.80. The summed E-state index contributed by atoms with van der Waals surface area (Å²) in [6, 6.07) is 1.79. The standard InChI is InChI=1S/C9H9NO5S2/c1-5-8(9(11)15-2)6(4-17(12,13)14)7(3-10)16-5/h4H2,1-2H3,(H,12,13,14). The summed E-state index contributed by atoms with van der Waals surface area (Å²) in [5.41, 5.74) is 0.0241. The Bertz CT molecular complexity index is 594. The van der Waals surface area contributed by atoms with Gasteiger partial charge in [0.25, 0.3) is 10.1 Å². The lowest BCUT2D eigenvalue weighted by Gasteiger charge is -2.02. The molecule has 0 unspecified atom stereocenters. The first-order valence-corrected chi connectivity index (χ1v) is 6.78. The zero-order chi connectivity index (χ0) is 13.2. The number of rotatable bonds is 3. The fraction of sp³-hybridized carbons (Fsp3) is 0.333. The number of esters is 1. The van der Waals surface area contributed by atoms with Crippen molar-refractivity contribution in [2.24, 2.45) is 0 Å². The van der Waals surface area contributed by atoms with E-state index in [4.69, 9.17) is 9.81 Å². The van der Waals surface area contributed by atoms with Crippen molar-refractivity contribution in [3.63, 3.8) is 0 Å². The second kappa shape index (κ2) is 4.83. The average molecular weight is 275 g/mol. The zero-order valence-electron chi connectivity index (χ0n) is 9.05. The molecule has 0 amide bonds. The van der Waals surface area contributed by atoms with Crippen molar-refractivity contribution >= 4 is 27.4 Å². The molecule has 0 radical (unpaired) electrons. The zero-order valence-corrected chi connectivity index (χ0v) is 10.7. The van der Waals surface area contributed by atoms with Gasteiger partial charge in [0.05, 0.1) is 12.7 Å². The molecule has 6 nitrogen and oxygen atoms in total. The van der Waals surface area contributed by atoms with Gasteiger partial charge in [-0.05, 0) is 6.92 Å². The van der Waals surface area contributed by atoms with Crippen molar-refractivity contribution < 1.29 is 22.5 Å². The number of carbonyl (C=O) groups is 1. The quantitative estimate of drug-likeness (QED) is 0.654. The average Bonchev–Trinajstić information content (AvgIpc) is 2.51. The molecule has 0 spiro atoms. The minimum atomic E-state index is -4.31. The Morgan fingerprint density at radius 1 is 1.59 bits per heavy atom. The Kier molecular flexibility index (Phi) is 3.87. The number of ether oxygens (including phenoxy) is 1. The molecule has 0 atom stereocenters. The molecule has 1 heterocycles. The molecule has 0 aliphatic heterocycles. The Morgan fingerprint density at radius 2 is 2.18 bits per heavy atom. The fourth-order valence-corrected chi connectivity index (χ4v) is 3.07. The van der Waals surface area contributed by atoms with Gasteiger partial charge in [0, 0.05) is 10.4 Å². The molecule has 0 aliphatic rings. The molecule has 0 aromatic carbocycles. The molecular formula is C9H9NO5S2. The van der Waals surface area contributed by atoms with Gasteiger partial charge in [-0.15, -0.1) is 11.3 Å².